The summed E-state index contributed by atoms with van der Waals surface area (Å²) in [6, 6.07) is 9.02. The van der Waals surface area contributed by atoms with Crippen LogP contribution in [0.15, 0.2) is 41.0 Å². The van der Waals surface area contributed by atoms with Crippen LogP contribution in [0.3, 0.4) is 0 Å². The minimum absolute atomic E-state index is 0.267. The highest BCUT2D eigenvalue weighted by Gasteiger charge is 2.10. The van der Waals surface area contributed by atoms with Crippen LogP contribution in [0.1, 0.15) is 24.3 Å². The SMILES string of the molecule is CC(C)CNc1nccc(C(=O)Nc2ccccc2Br)n1. The van der Waals surface area contributed by atoms with Crippen molar-refractivity contribution in [3.05, 3.63) is 46.7 Å². The molecule has 0 saturated heterocycles. The van der Waals surface area contributed by atoms with E-state index in [4.69, 9.17) is 0 Å². The zero-order chi connectivity index (χ0) is 15.2. The largest absolute Gasteiger partial charge is 0.354 e. The molecule has 110 valence electrons. The smallest absolute Gasteiger partial charge is 0.274 e. The van der Waals surface area contributed by atoms with Crippen molar-refractivity contribution in [1.29, 1.82) is 0 Å². The number of amides is 1. The first-order chi connectivity index (χ1) is 10.1. The van der Waals surface area contributed by atoms with E-state index < -0.39 is 0 Å². The number of benzene rings is 1. The van der Waals surface area contributed by atoms with Crippen LogP contribution in [0.4, 0.5) is 11.6 Å². The Morgan fingerprint density at radius 1 is 1.29 bits per heavy atom. The molecule has 0 bridgehead atoms. The van der Waals surface area contributed by atoms with Crippen molar-refractivity contribution in [1.82, 2.24) is 9.97 Å². The lowest BCUT2D eigenvalue weighted by molar-refractivity contribution is 0.102. The predicted molar refractivity (Wildman–Crippen MR) is 87.5 cm³/mol. The Bertz CT molecular complexity index is 631. The first kappa shape index (κ1) is 15.4. The van der Waals surface area contributed by atoms with E-state index in [1.807, 2.05) is 24.3 Å². The molecule has 0 aliphatic rings. The highest BCUT2D eigenvalue weighted by atomic mass is 79.9. The maximum Gasteiger partial charge on any atom is 0.274 e. The third-order valence-electron chi connectivity index (χ3n) is 2.68. The summed E-state index contributed by atoms with van der Waals surface area (Å²) < 4.78 is 0.825. The van der Waals surface area contributed by atoms with Gasteiger partial charge in [0.1, 0.15) is 5.69 Å². The fraction of sp³-hybridized carbons (Fsp3) is 0.267. The molecule has 1 amide bonds. The van der Waals surface area contributed by atoms with Crippen LogP contribution in [0.25, 0.3) is 0 Å². The lowest BCUT2D eigenvalue weighted by Gasteiger charge is -2.09. The van der Waals surface area contributed by atoms with Gasteiger partial charge < -0.3 is 10.6 Å². The van der Waals surface area contributed by atoms with Crippen LogP contribution < -0.4 is 10.6 Å². The first-order valence-corrected chi connectivity index (χ1v) is 7.48. The summed E-state index contributed by atoms with van der Waals surface area (Å²) in [7, 11) is 0. The van der Waals surface area contributed by atoms with E-state index in [0.717, 1.165) is 11.0 Å². The van der Waals surface area contributed by atoms with Gasteiger partial charge in [0.25, 0.3) is 5.91 Å². The standard InChI is InChI=1S/C15H17BrN4O/c1-10(2)9-18-15-17-8-7-13(20-15)14(21)19-12-6-4-3-5-11(12)16/h3-8,10H,9H2,1-2H3,(H,19,21)(H,17,18,20). The maximum absolute atomic E-state index is 12.2. The predicted octanol–water partition coefficient (Wildman–Crippen LogP) is 3.56. The average Bonchev–Trinajstić information content (AvgIpc) is 2.48. The van der Waals surface area contributed by atoms with Gasteiger partial charge in [-0.1, -0.05) is 26.0 Å². The van der Waals surface area contributed by atoms with E-state index >= 15 is 0 Å². The van der Waals surface area contributed by atoms with Crippen LogP contribution in [-0.4, -0.2) is 22.4 Å². The molecule has 0 spiro atoms. The number of aromatic nitrogens is 2. The van der Waals surface area contributed by atoms with Gasteiger partial charge in [-0.3, -0.25) is 4.79 Å². The van der Waals surface area contributed by atoms with Gasteiger partial charge >= 0.3 is 0 Å². The van der Waals surface area contributed by atoms with Crippen molar-refractivity contribution < 1.29 is 4.79 Å². The van der Waals surface area contributed by atoms with E-state index in [0.29, 0.717) is 23.2 Å². The van der Waals surface area contributed by atoms with Crippen LogP contribution in [0.2, 0.25) is 0 Å². The second kappa shape index (κ2) is 7.17. The average molecular weight is 349 g/mol. The summed E-state index contributed by atoms with van der Waals surface area (Å²) in [4.78, 5) is 20.5. The van der Waals surface area contributed by atoms with Gasteiger partial charge in [0.05, 0.1) is 5.69 Å². The fourth-order valence-corrected chi connectivity index (χ4v) is 2.00. The van der Waals surface area contributed by atoms with Gasteiger partial charge in [-0.25, -0.2) is 9.97 Å². The molecule has 2 aromatic rings. The van der Waals surface area contributed by atoms with E-state index in [1.165, 1.54) is 0 Å². The highest BCUT2D eigenvalue weighted by Crippen LogP contribution is 2.21. The topological polar surface area (TPSA) is 66.9 Å². The lowest BCUT2D eigenvalue weighted by atomic mass is 10.2. The molecule has 2 N–H and O–H groups in total. The number of rotatable bonds is 5. The summed E-state index contributed by atoms with van der Waals surface area (Å²) in [6.07, 6.45) is 1.57. The van der Waals surface area contributed by atoms with Gasteiger partial charge in [0.2, 0.25) is 5.95 Å². The van der Waals surface area contributed by atoms with E-state index in [1.54, 1.807) is 12.3 Å². The minimum Gasteiger partial charge on any atom is -0.354 e. The number of para-hydroxylation sites is 1. The summed E-state index contributed by atoms with van der Waals surface area (Å²) in [5.74, 6) is 0.673. The molecule has 1 aromatic carbocycles. The van der Waals surface area contributed by atoms with Gasteiger partial charge in [0, 0.05) is 17.2 Å². The summed E-state index contributed by atoms with van der Waals surface area (Å²) in [5.41, 5.74) is 1.03. The Balaban J connectivity index is 2.09. The zero-order valence-corrected chi connectivity index (χ0v) is 13.5. The highest BCUT2D eigenvalue weighted by molar-refractivity contribution is 9.10. The van der Waals surface area contributed by atoms with Crippen molar-refractivity contribution in [3.8, 4) is 0 Å². The molecule has 1 heterocycles. The van der Waals surface area contributed by atoms with Gasteiger partial charge in [0.15, 0.2) is 0 Å². The molecule has 1 aromatic heterocycles. The molecule has 5 nitrogen and oxygen atoms in total. The van der Waals surface area contributed by atoms with Crippen molar-refractivity contribution in [2.24, 2.45) is 5.92 Å². The first-order valence-electron chi connectivity index (χ1n) is 6.69. The molecule has 6 heteroatoms. The number of nitrogens with zero attached hydrogens (tertiary/aromatic N) is 2. The maximum atomic E-state index is 12.2. The van der Waals surface area contributed by atoms with E-state index in [9.17, 15) is 4.79 Å². The number of hydrogen-bond acceptors (Lipinski definition) is 4. The number of carbonyl (C=O) groups is 1. The van der Waals surface area contributed by atoms with Crippen molar-refractivity contribution in [2.75, 3.05) is 17.2 Å². The number of halogens is 1. The second-order valence-corrected chi connectivity index (χ2v) is 5.83. The van der Waals surface area contributed by atoms with Crippen molar-refractivity contribution in [2.45, 2.75) is 13.8 Å². The summed E-state index contributed by atoms with van der Waals surface area (Å²) in [6.45, 7) is 4.95. The normalized spacial score (nSPS) is 10.5. The van der Waals surface area contributed by atoms with Gasteiger partial charge in [-0.15, -0.1) is 0 Å². The van der Waals surface area contributed by atoms with Crippen molar-refractivity contribution in [3.63, 3.8) is 0 Å². The Morgan fingerprint density at radius 2 is 2.05 bits per heavy atom. The molecule has 0 aliphatic heterocycles. The van der Waals surface area contributed by atoms with E-state index in [2.05, 4.69) is 50.4 Å². The van der Waals surface area contributed by atoms with Crippen LogP contribution >= 0.6 is 15.9 Å². The molecule has 0 radical (unpaired) electrons. The van der Waals surface area contributed by atoms with Crippen LogP contribution in [0, 0.1) is 5.92 Å². The van der Waals surface area contributed by atoms with Gasteiger partial charge in [-0.2, -0.15) is 0 Å². The Kier molecular flexibility index (Phi) is 5.27. The third kappa shape index (κ3) is 4.53. The molecule has 0 atom stereocenters. The number of hydrogen-bond donors (Lipinski definition) is 2. The minimum atomic E-state index is -0.267. The summed E-state index contributed by atoms with van der Waals surface area (Å²) >= 11 is 3.39. The molecule has 0 saturated carbocycles. The Morgan fingerprint density at radius 3 is 2.76 bits per heavy atom. The Labute approximate surface area is 132 Å². The quantitative estimate of drug-likeness (QED) is 0.866. The van der Waals surface area contributed by atoms with Crippen LogP contribution in [-0.2, 0) is 0 Å². The van der Waals surface area contributed by atoms with Gasteiger partial charge in [-0.05, 0) is 40.0 Å². The number of nitrogens with one attached hydrogen (secondary N) is 2. The molecule has 21 heavy (non-hydrogen) atoms. The summed E-state index contributed by atoms with van der Waals surface area (Å²) in [5, 5.41) is 5.92. The second-order valence-electron chi connectivity index (χ2n) is 4.97. The molecule has 0 fully saturated rings. The van der Waals surface area contributed by atoms with E-state index in [-0.39, 0.29) is 5.91 Å². The molecule has 0 unspecified atom stereocenters. The number of carbonyl (C=O) groups excluding carboxylic acids is 1. The zero-order valence-electron chi connectivity index (χ0n) is 11.9. The fourth-order valence-electron chi connectivity index (χ4n) is 1.61. The third-order valence-corrected chi connectivity index (χ3v) is 3.37. The van der Waals surface area contributed by atoms with Crippen LogP contribution in [0.5, 0.6) is 0 Å². The molecular weight excluding hydrogens is 332 g/mol. The number of anilines is 2. The molecule has 0 aliphatic carbocycles. The lowest BCUT2D eigenvalue weighted by Crippen LogP contribution is -2.16. The van der Waals surface area contributed by atoms with Crippen molar-refractivity contribution >= 4 is 33.5 Å². The molecular formula is C15H17BrN4O. The monoisotopic (exact) mass is 348 g/mol. The molecule has 2 rings (SSSR count). The Hall–Kier alpha value is -1.95.